The van der Waals surface area contributed by atoms with Crippen LogP contribution in [0.15, 0.2) is 42.9 Å². The van der Waals surface area contributed by atoms with E-state index in [2.05, 4.69) is 23.1 Å². The second kappa shape index (κ2) is 4.14. The Kier molecular flexibility index (Phi) is 2.48. The van der Waals surface area contributed by atoms with Crippen LogP contribution >= 0.6 is 0 Å². The summed E-state index contributed by atoms with van der Waals surface area (Å²) in [7, 11) is 1.62. The third-order valence-electron chi connectivity index (χ3n) is 2.98. The van der Waals surface area contributed by atoms with Gasteiger partial charge in [0.15, 0.2) is 0 Å². The minimum atomic E-state index is 0.637. The summed E-state index contributed by atoms with van der Waals surface area (Å²) in [6, 6.07) is 8.00. The molecular weight excluding hydrogens is 226 g/mol. The second-order valence-corrected chi connectivity index (χ2v) is 4.16. The van der Waals surface area contributed by atoms with Crippen LogP contribution in [0, 0.1) is 6.92 Å². The second-order valence-electron chi connectivity index (χ2n) is 4.16. The van der Waals surface area contributed by atoms with Crippen LogP contribution in [0.4, 0.5) is 0 Å². The van der Waals surface area contributed by atoms with E-state index in [1.54, 1.807) is 13.3 Å². The number of fused-ring (bicyclic) bond motifs is 1. The first kappa shape index (κ1) is 10.8. The van der Waals surface area contributed by atoms with Crippen LogP contribution in [0.1, 0.15) is 5.56 Å². The van der Waals surface area contributed by atoms with Crippen molar-refractivity contribution in [2.24, 2.45) is 0 Å². The Morgan fingerprint density at radius 2 is 2.17 bits per heavy atom. The molecule has 0 amide bonds. The average molecular weight is 239 g/mol. The van der Waals surface area contributed by atoms with Gasteiger partial charge in [-0.3, -0.25) is 0 Å². The third kappa shape index (κ3) is 1.72. The number of nitrogens with zero attached hydrogens (tertiary/aromatic N) is 3. The van der Waals surface area contributed by atoms with Gasteiger partial charge in [0.2, 0.25) is 5.88 Å². The van der Waals surface area contributed by atoms with Crippen LogP contribution in [-0.4, -0.2) is 21.7 Å². The Morgan fingerprint density at radius 1 is 1.28 bits per heavy atom. The minimum absolute atomic E-state index is 0.637. The zero-order valence-corrected chi connectivity index (χ0v) is 10.3. The number of pyridine rings is 1. The summed E-state index contributed by atoms with van der Waals surface area (Å²) in [4.78, 5) is 4.25. The van der Waals surface area contributed by atoms with Crippen LogP contribution < -0.4 is 4.74 Å². The summed E-state index contributed by atoms with van der Waals surface area (Å²) in [6.07, 6.45) is 5.62. The zero-order chi connectivity index (χ0) is 12.5. The topological polar surface area (TPSA) is 39.4 Å². The molecule has 90 valence electrons. The van der Waals surface area contributed by atoms with Crippen molar-refractivity contribution in [1.29, 1.82) is 0 Å². The Hall–Kier alpha value is -2.36. The molecule has 0 fully saturated rings. The van der Waals surface area contributed by atoms with Crippen LogP contribution in [0.2, 0.25) is 0 Å². The normalized spacial score (nSPS) is 10.8. The first-order chi connectivity index (χ1) is 8.78. The molecule has 3 heterocycles. The van der Waals surface area contributed by atoms with Gasteiger partial charge in [0.05, 0.1) is 12.6 Å². The van der Waals surface area contributed by atoms with Crippen molar-refractivity contribution in [3.63, 3.8) is 0 Å². The summed E-state index contributed by atoms with van der Waals surface area (Å²) in [5, 5.41) is 4.26. The highest BCUT2D eigenvalue weighted by Crippen LogP contribution is 2.26. The fourth-order valence-electron chi connectivity index (χ4n) is 2.04. The number of hydrogen-bond acceptors (Lipinski definition) is 3. The molecule has 0 aromatic carbocycles. The van der Waals surface area contributed by atoms with Crippen molar-refractivity contribution >= 4 is 5.52 Å². The highest BCUT2D eigenvalue weighted by atomic mass is 16.5. The van der Waals surface area contributed by atoms with Gasteiger partial charge >= 0.3 is 0 Å². The Bertz CT molecular complexity index is 670. The van der Waals surface area contributed by atoms with Crippen molar-refractivity contribution in [3.05, 3.63) is 48.4 Å². The van der Waals surface area contributed by atoms with Gasteiger partial charge in [-0.05, 0) is 30.7 Å². The quantitative estimate of drug-likeness (QED) is 0.690. The first-order valence-corrected chi connectivity index (χ1v) is 5.72. The molecule has 0 aliphatic heterocycles. The lowest BCUT2D eigenvalue weighted by molar-refractivity contribution is 0.397. The molecule has 0 aliphatic rings. The van der Waals surface area contributed by atoms with Crippen molar-refractivity contribution < 1.29 is 4.74 Å². The molecule has 3 rings (SSSR count). The van der Waals surface area contributed by atoms with Gasteiger partial charge in [-0.1, -0.05) is 0 Å². The van der Waals surface area contributed by atoms with Gasteiger partial charge in [0.25, 0.3) is 0 Å². The van der Waals surface area contributed by atoms with Gasteiger partial charge in [0, 0.05) is 35.8 Å². The SMILES string of the molecule is COc1cc(C)c(-c2cc3cccnn3c2)cn1. The Morgan fingerprint density at radius 3 is 2.89 bits per heavy atom. The summed E-state index contributed by atoms with van der Waals surface area (Å²) in [5.41, 5.74) is 4.42. The molecule has 0 saturated heterocycles. The van der Waals surface area contributed by atoms with E-state index in [9.17, 15) is 0 Å². The van der Waals surface area contributed by atoms with Crippen molar-refractivity contribution in [3.8, 4) is 17.0 Å². The molecule has 0 saturated carbocycles. The average Bonchev–Trinajstić information content (AvgIpc) is 2.81. The molecule has 0 bridgehead atoms. The van der Waals surface area contributed by atoms with Crippen LogP contribution in [0.5, 0.6) is 5.88 Å². The number of aromatic nitrogens is 3. The molecular formula is C14H13N3O. The van der Waals surface area contributed by atoms with Gasteiger partial charge < -0.3 is 4.74 Å². The maximum absolute atomic E-state index is 5.12. The van der Waals surface area contributed by atoms with E-state index in [4.69, 9.17) is 4.74 Å². The number of hydrogen-bond donors (Lipinski definition) is 0. The number of ether oxygens (including phenoxy) is 1. The van der Waals surface area contributed by atoms with E-state index >= 15 is 0 Å². The smallest absolute Gasteiger partial charge is 0.213 e. The maximum Gasteiger partial charge on any atom is 0.213 e. The fraction of sp³-hybridized carbons (Fsp3) is 0.143. The van der Waals surface area contributed by atoms with Gasteiger partial charge in [-0.15, -0.1) is 0 Å². The largest absolute Gasteiger partial charge is 0.481 e. The summed E-state index contributed by atoms with van der Waals surface area (Å²) >= 11 is 0. The van der Waals surface area contributed by atoms with Gasteiger partial charge in [0.1, 0.15) is 0 Å². The molecule has 0 spiro atoms. The summed E-state index contributed by atoms with van der Waals surface area (Å²) in [6.45, 7) is 2.05. The highest BCUT2D eigenvalue weighted by molar-refractivity contribution is 5.71. The van der Waals surface area contributed by atoms with Gasteiger partial charge in [-0.25, -0.2) is 9.50 Å². The monoisotopic (exact) mass is 239 g/mol. The van der Waals surface area contributed by atoms with E-state index in [0.29, 0.717) is 5.88 Å². The molecule has 0 N–H and O–H groups in total. The molecule has 0 aliphatic carbocycles. The summed E-state index contributed by atoms with van der Waals surface area (Å²) in [5.74, 6) is 0.637. The van der Waals surface area contributed by atoms with Crippen molar-refractivity contribution in [2.75, 3.05) is 7.11 Å². The molecule has 0 unspecified atom stereocenters. The molecule has 3 aromatic heterocycles. The van der Waals surface area contributed by atoms with Crippen LogP contribution in [-0.2, 0) is 0 Å². The maximum atomic E-state index is 5.12. The summed E-state index contributed by atoms with van der Waals surface area (Å²) < 4.78 is 6.98. The molecule has 0 radical (unpaired) electrons. The van der Waals surface area contributed by atoms with Crippen molar-refractivity contribution in [2.45, 2.75) is 6.92 Å². The fourth-order valence-corrected chi connectivity index (χ4v) is 2.04. The first-order valence-electron chi connectivity index (χ1n) is 5.72. The zero-order valence-electron chi connectivity index (χ0n) is 10.3. The molecule has 18 heavy (non-hydrogen) atoms. The van der Waals surface area contributed by atoms with E-state index in [1.807, 2.05) is 35.1 Å². The van der Waals surface area contributed by atoms with E-state index in [0.717, 1.165) is 22.2 Å². The highest BCUT2D eigenvalue weighted by Gasteiger charge is 2.07. The molecule has 3 aromatic rings. The molecule has 4 heteroatoms. The minimum Gasteiger partial charge on any atom is -0.481 e. The standard InChI is InChI=1S/C14H13N3O/c1-10-6-14(18-2)15-8-13(10)11-7-12-4-3-5-16-17(12)9-11/h3-9H,1-2H3. The molecule has 0 atom stereocenters. The van der Waals surface area contributed by atoms with E-state index in [1.165, 1.54) is 0 Å². The van der Waals surface area contributed by atoms with E-state index < -0.39 is 0 Å². The van der Waals surface area contributed by atoms with Crippen LogP contribution in [0.25, 0.3) is 16.6 Å². The van der Waals surface area contributed by atoms with Crippen LogP contribution in [0.3, 0.4) is 0 Å². The Balaban J connectivity index is 2.14. The Labute approximate surface area is 105 Å². The number of aryl methyl sites for hydroxylation is 1. The van der Waals surface area contributed by atoms with Gasteiger partial charge in [-0.2, -0.15) is 5.10 Å². The lowest BCUT2D eigenvalue weighted by Gasteiger charge is -2.04. The van der Waals surface area contributed by atoms with Crippen molar-refractivity contribution in [1.82, 2.24) is 14.6 Å². The number of methoxy groups -OCH3 is 1. The third-order valence-corrected chi connectivity index (χ3v) is 2.98. The predicted molar refractivity (Wildman–Crippen MR) is 69.7 cm³/mol. The predicted octanol–water partition coefficient (Wildman–Crippen LogP) is 2.71. The number of rotatable bonds is 2. The molecule has 4 nitrogen and oxygen atoms in total. The lowest BCUT2D eigenvalue weighted by atomic mass is 10.1. The lowest BCUT2D eigenvalue weighted by Crippen LogP contribution is -1.90. The van der Waals surface area contributed by atoms with E-state index in [-0.39, 0.29) is 0 Å².